The number of fused-ring (bicyclic) bond motifs is 1. The number of anilines is 1. The molecular formula is C16H24N2O2S. The molecule has 5 heteroatoms. The fraction of sp³-hybridized carbons (Fsp3) is 0.625. The molecule has 0 aliphatic carbocycles. The lowest BCUT2D eigenvalue weighted by Crippen LogP contribution is -2.45. The van der Waals surface area contributed by atoms with Crippen molar-refractivity contribution >= 4 is 15.5 Å². The smallest absolute Gasteiger partial charge is 0.178 e. The third-order valence-corrected chi connectivity index (χ3v) is 6.61. The summed E-state index contributed by atoms with van der Waals surface area (Å²) in [5.74, 6) is 0.965. The fourth-order valence-electron chi connectivity index (χ4n) is 3.62. The predicted molar refractivity (Wildman–Crippen MR) is 85.5 cm³/mol. The van der Waals surface area contributed by atoms with Crippen molar-refractivity contribution in [3.63, 3.8) is 0 Å². The topological polar surface area (TPSA) is 49.4 Å². The monoisotopic (exact) mass is 308 g/mol. The van der Waals surface area contributed by atoms with E-state index >= 15 is 0 Å². The lowest BCUT2D eigenvalue weighted by molar-refractivity contribution is 0.385. The zero-order valence-corrected chi connectivity index (χ0v) is 13.4. The summed E-state index contributed by atoms with van der Waals surface area (Å²) in [6.07, 6.45) is 3.18. The van der Waals surface area contributed by atoms with Crippen LogP contribution >= 0.6 is 0 Å². The maximum atomic E-state index is 12.1. The maximum absolute atomic E-state index is 12.1. The average Bonchev–Trinajstić information content (AvgIpc) is 2.95. The zero-order chi connectivity index (χ0) is 14.9. The van der Waals surface area contributed by atoms with E-state index in [1.165, 1.54) is 12.8 Å². The molecule has 0 bridgehead atoms. The van der Waals surface area contributed by atoms with E-state index in [0.29, 0.717) is 17.4 Å². The van der Waals surface area contributed by atoms with E-state index in [9.17, 15) is 8.42 Å². The second kappa shape index (κ2) is 5.97. The Kier molecular flexibility index (Phi) is 4.22. The van der Waals surface area contributed by atoms with Gasteiger partial charge < -0.3 is 10.2 Å². The van der Waals surface area contributed by atoms with Gasteiger partial charge in [0.2, 0.25) is 0 Å². The summed E-state index contributed by atoms with van der Waals surface area (Å²) in [6.45, 7) is 5.13. The van der Waals surface area contributed by atoms with Gasteiger partial charge in [-0.1, -0.05) is 6.92 Å². The van der Waals surface area contributed by atoms with Crippen molar-refractivity contribution in [3.05, 3.63) is 24.3 Å². The molecule has 0 spiro atoms. The lowest BCUT2D eigenvalue weighted by Gasteiger charge is -2.38. The van der Waals surface area contributed by atoms with Gasteiger partial charge in [0.05, 0.1) is 10.6 Å². The van der Waals surface area contributed by atoms with Gasteiger partial charge >= 0.3 is 0 Å². The van der Waals surface area contributed by atoms with E-state index in [1.54, 1.807) is 12.1 Å². The molecule has 0 saturated carbocycles. The van der Waals surface area contributed by atoms with Gasteiger partial charge in [-0.3, -0.25) is 0 Å². The molecule has 1 N–H and O–H groups in total. The second-order valence-corrected chi connectivity index (χ2v) is 8.24. The number of benzene rings is 1. The first kappa shape index (κ1) is 14.9. The van der Waals surface area contributed by atoms with Gasteiger partial charge in [-0.15, -0.1) is 0 Å². The predicted octanol–water partition coefficient (Wildman–Crippen LogP) is 2.06. The number of hydrogen-bond donors (Lipinski definition) is 1. The summed E-state index contributed by atoms with van der Waals surface area (Å²) in [6, 6.07) is 8.06. The van der Waals surface area contributed by atoms with E-state index < -0.39 is 9.84 Å². The molecule has 2 fully saturated rings. The molecule has 0 amide bonds. The van der Waals surface area contributed by atoms with Crippen molar-refractivity contribution in [1.82, 2.24) is 5.32 Å². The normalized spacial score (nSPS) is 25.9. The molecule has 2 heterocycles. The summed E-state index contributed by atoms with van der Waals surface area (Å²) < 4.78 is 24.2. The molecule has 4 nitrogen and oxygen atoms in total. The Bertz CT molecular complexity index is 583. The summed E-state index contributed by atoms with van der Waals surface area (Å²) in [5, 5.41) is 3.48. The molecule has 2 unspecified atom stereocenters. The Hall–Kier alpha value is -1.07. The van der Waals surface area contributed by atoms with Crippen LogP contribution in [0.25, 0.3) is 0 Å². The molecule has 1 aromatic carbocycles. The minimum atomic E-state index is -3.11. The minimum absolute atomic E-state index is 0.227. The molecule has 116 valence electrons. The Balaban J connectivity index is 1.81. The highest BCUT2D eigenvalue weighted by Gasteiger charge is 2.35. The van der Waals surface area contributed by atoms with Crippen molar-refractivity contribution in [3.8, 4) is 0 Å². The molecule has 21 heavy (non-hydrogen) atoms. The van der Waals surface area contributed by atoms with Gasteiger partial charge in [-0.05, 0) is 49.4 Å². The first-order valence-corrected chi connectivity index (χ1v) is 9.57. The number of nitrogens with one attached hydrogen (secondary N) is 1. The average molecular weight is 308 g/mol. The Morgan fingerprint density at radius 1 is 1.24 bits per heavy atom. The molecule has 1 aromatic rings. The number of rotatable bonds is 4. The van der Waals surface area contributed by atoms with Crippen LogP contribution in [0.2, 0.25) is 0 Å². The van der Waals surface area contributed by atoms with Crippen molar-refractivity contribution in [2.24, 2.45) is 5.92 Å². The first-order chi connectivity index (χ1) is 10.1. The third-order valence-electron chi connectivity index (χ3n) is 4.68. The van der Waals surface area contributed by atoms with E-state index in [0.717, 1.165) is 31.2 Å². The van der Waals surface area contributed by atoms with Crippen molar-refractivity contribution in [2.45, 2.75) is 37.1 Å². The molecular weight excluding hydrogens is 284 g/mol. The highest BCUT2D eigenvalue weighted by molar-refractivity contribution is 7.91. The molecule has 2 saturated heterocycles. The van der Waals surface area contributed by atoms with E-state index in [4.69, 9.17) is 0 Å². The molecule has 3 rings (SSSR count). The Morgan fingerprint density at radius 2 is 2.00 bits per heavy atom. The maximum Gasteiger partial charge on any atom is 0.178 e. The van der Waals surface area contributed by atoms with E-state index in [-0.39, 0.29) is 5.75 Å². The van der Waals surface area contributed by atoms with E-state index in [1.807, 2.05) is 19.1 Å². The van der Waals surface area contributed by atoms with Gasteiger partial charge in [0.15, 0.2) is 9.84 Å². The number of sulfone groups is 1. The van der Waals surface area contributed by atoms with Gasteiger partial charge in [0.1, 0.15) is 0 Å². The third kappa shape index (κ3) is 2.94. The summed E-state index contributed by atoms with van der Waals surface area (Å²) in [5.41, 5.74) is 1.16. The SMILES string of the molecule is CCCS(=O)(=O)c1ccc(N2CCCC3CNCC32)cc1. The van der Waals surface area contributed by atoms with Crippen LogP contribution in [-0.4, -0.2) is 39.8 Å². The minimum Gasteiger partial charge on any atom is -0.367 e. The van der Waals surface area contributed by atoms with Gasteiger partial charge in [0.25, 0.3) is 0 Å². The summed E-state index contributed by atoms with van der Waals surface area (Å²) in [4.78, 5) is 2.90. The molecule has 0 aromatic heterocycles. The van der Waals surface area contributed by atoms with Crippen LogP contribution in [0.5, 0.6) is 0 Å². The summed E-state index contributed by atoms with van der Waals surface area (Å²) in [7, 11) is -3.11. The largest absolute Gasteiger partial charge is 0.367 e. The lowest BCUT2D eigenvalue weighted by atomic mass is 9.91. The Labute approximate surface area is 127 Å². The highest BCUT2D eigenvalue weighted by atomic mass is 32.2. The molecule has 0 radical (unpaired) electrons. The second-order valence-electron chi connectivity index (χ2n) is 6.13. The van der Waals surface area contributed by atoms with Gasteiger partial charge in [0, 0.05) is 31.4 Å². The highest BCUT2D eigenvalue weighted by Crippen LogP contribution is 2.31. The van der Waals surface area contributed by atoms with Crippen molar-refractivity contribution in [2.75, 3.05) is 30.3 Å². The van der Waals surface area contributed by atoms with Crippen LogP contribution in [0.1, 0.15) is 26.2 Å². The van der Waals surface area contributed by atoms with Crippen LogP contribution in [0.3, 0.4) is 0 Å². The van der Waals surface area contributed by atoms with Crippen molar-refractivity contribution in [1.29, 1.82) is 0 Å². The zero-order valence-electron chi connectivity index (χ0n) is 12.6. The summed E-state index contributed by atoms with van der Waals surface area (Å²) >= 11 is 0. The first-order valence-electron chi connectivity index (χ1n) is 7.92. The molecule has 2 aliphatic rings. The molecule has 2 atom stereocenters. The van der Waals surface area contributed by atoms with Crippen LogP contribution in [0.15, 0.2) is 29.2 Å². The van der Waals surface area contributed by atoms with Crippen LogP contribution in [0, 0.1) is 5.92 Å². The Morgan fingerprint density at radius 3 is 2.71 bits per heavy atom. The van der Waals surface area contributed by atoms with Gasteiger partial charge in [-0.25, -0.2) is 8.42 Å². The standard InChI is InChI=1S/C16H24N2O2S/c1-2-10-21(19,20)15-7-5-14(6-8-15)18-9-3-4-13-11-17-12-16(13)18/h5-8,13,16-17H,2-4,9-12H2,1H3. The quantitative estimate of drug-likeness (QED) is 0.925. The fourth-order valence-corrected chi connectivity index (χ4v) is 4.94. The number of hydrogen-bond acceptors (Lipinski definition) is 4. The van der Waals surface area contributed by atoms with Crippen LogP contribution in [-0.2, 0) is 9.84 Å². The van der Waals surface area contributed by atoms with Gasteiger partial charge in [-0.2, -0.15) is 0 Å². The molecule has 2 aliphatic heterocycles. The van der Waals surface area contributed by atoms with Crippen LogP contribution < -0.4 is 10.2 Å². The number of piperidine rings is 1. The number of nitrogens with zero attached hydrogens (tertiary/aromatic N) is 1. The van der Waals surface area contributed by atoms with Crippen molar-refractivity contribution < 1.29 is 8.42 Å². The van der Waals surface area contributed by atoms with E-state index in [2.05, 4.69) is 10.2 Å². The van der Waals surface area contributed by atoms with Crippen LogP contribution in [0.4, 0.5) is 5.69 Å².